The van der Waals surface area contributed by atoms with Crippen molar-refractivity contribution in [1.29, 1.82) is 5.26 Å². The molecule has 1 amide bonds. The van der Waals surface area contributed by atoms with Gasteiger partial charge in [-0.1, -0.05) is 6.07 Å². The number of piperidine rings is 1. The van der Waals surface area contributed by atoms with E-state index in [1.165, 1.54) is 4.90 Å². The molecule has 2 aromatic rings. The van der Waals surface area contributed by atoms with Crippen molar-refractivity contribution in [2.45, 2.75) is 38.8 Å². The van der Waals surface area contributed by atoms with Crippen LogP contribution in [0.15, 0.2) is 46.3 Å². The highest BCUT2D eigenvalue weighted by Crippen LogP contribution is 2.30. The highest BCUT2D eigenvalue weighted by molar-refractivity contribution is 5.83. The van der Waals surface area contributed by atoms with Crippen LogP contribution in [0.1, 0.15) is 42.5 Å². The Labute approximate surface area is 203 Å². The topological polar surface area (TPSA) is 141 Å². The zero-order valence-electron chi connectivity index (χ0n) is 19.8. The number of aromatic nitrogens is 1. The van der Waals surface area contributed by atoms with Crippen molar-refractivity contribution < 1.29 is 24.3 Å². The number of likely N-dealkylation sites (tertiary alicyclic amines) is 1. The van der Waals surface area contributed by atoms with Crippen LogP contribution in [-0.2, 0) is 22.7 Å². The van der Waals surface area contributed by atoms with Gasteiger partial charge in [0.2, 0.25) is 0 Å². The van der Waals surface area contributed by atoms with Gasteiger partial charge in [-0.3, -0.25) is 9.59 Å². The first-order valence-electron chi connectivity index (χ1n) is 11.4. The van der Waals surface area contributed by atoms with Crippen molar-refractivity contribution in [2.75, 3.05) is 20.2 Å². The van der Waals surface area contributed by atoms with Gasteiger partial charge >= 0.3 is 0 Å². The Morgan fingerprint density at radius 1 is 1.34 bits per heavy atom. The number of rotatable bonds is 6. The molecular weight excluding hydrogens is 450 g/mol. The zero-order valence-corrected chi connectivity index (χ0v) is 19.8. The number of nitrogens with one attached hydrogen (secondary N) is 2. The molecule has 0 saturated carbocycles. The van der Waals surface area contributed by atoms with Gasteiger partial charge in [0.25, 0.3) is 11.5 Å². The van der Waals surface area contributed by atoms with Crippen LogP contribution in [0.4, 0.5) is 0 Å². The molecule has 0 aliphatic carbocycles. The minimum absolute atomic E-state index is 0.103. The van der Waals surface area contributed by atoms with Gasteiger partial charge < -0.3 is 24.1 Å². The van der Waals surface area contributed by atoms with Crippen LogP contribution in [0.2, 0.25) is 0 Å². The number of nitriles is 1. The molecule has 3 atom stereocenters. The summed E-state index contributed by atoms with van der Waals surface area (Å²) in [5.41, 5.74) is 5.53. The van der Waals surface area contributed by atoms with E-state index in [9.17, 15) is 9.59 Å². The van der Waals surface area contributed by atoms with Gasteiger partial charge in [-0.2, -0.15) is 10.4 Å². The maximum atomic E-state index is 12.2. The molecule has 1 aromatic carbocycles. The van der Waals surface area contributed by atoms with Crippen molar-refractivity contribution in [3.8, 4) is 11.8 Å². The average Bonchev–Trinajstić information content (AvgIpc) is 2.80. The smallest absolute Gasteiger partial charge is 0.254 e. The quantitative estimate of drug-likeness (QED) is 0.410. The lowest BCUT2D eigenvalue weighted by Gasteiger charge is -2.40. The number of nitrogens with zero attached hydrogens (tertiary/aromatic N) is 3. The van der Waals surface area contributed by atoms with Crippen molar-refractivity contribution in [3.05, 3.63) is 63.6 Å². The second kappa shape index (κ2) is 11.9. The fourth-order valence-corrected chi connectivity index (χ4v) is 4.84. The molecule has 2 aliphatic heterocycles. The molecule has 1 saturated heterocycles. The monoisotopic (exact) mass is 479 g/mol. The van der Waals surface area contributed by atoms with Gasteiger partial charge in [0.05, 0.1) is 32.5 Å². The first kappa shape index (κ1) is 25.6. The summed E-state index contributed by atoms with van der Waals surface area (Å²) in [6.45, 7) is 4.57. The van der Waals surface area contributed by atoms with Crippen LogP contribution < -0.4 is 25.7 Å². The minimum Gasteiger partial charge on any atom is -0.550 e. The van der Waals surface area contributed by atoms with Gasteiger partial charge in [-0.05, 0) is 43.2 Å². The standard InChI is InChI=1S/C23H25N5O3.C2H4O2/c1-31-21-6-5-16(11-25-26-22(29)7-8-24)9-19(21)15-27-12-17-10-18(14-27)20-3-2-4-23(30)28(20)13-17;1-2(3)4/h2-6,9,11,17-18H,7,10,12-15H2,1H3,(H,26,29);1H3,(H,3,4)/b25-11+;/t17-,18?;/m0./s1. The Morgan fingerprint density at radius 3 is 2.83 bits per heavy atom. The lowest BCUT2D eigenvalue weighted by atomic mass is 9.83. The number of carbonyl (C=O) groups is 2. The summed E-state index contributed by atoms with van der Waals surface area (Å²) in [5, 5.41) is 21.4. The molecule has 35 heavy (non-hydrogen) atoms. The van der Waals surface area contributed by atoms with Gasteiger partial charge in [-0.15, -0.1) is 0 Å². The second-order valence-electron chi connectivity index (χ2n) is 8.72. The summed E-state index contributed by atoms with van der Waals surface area (Å²) in [6.07, 6.45) is 2.49. The van der Waals surface area contributed by atoms with Gasteiger partial charge in [0, 0.05) is 41.7 Å². The molecule has 3 heterocycles. The Kier molecular flexibility index (Phi) is 8.75. The number of carbonyl (C=O) groups excluding carboxylic acids is 2. The fourth-order valence-electron chi connectivity index (χ4n) is 4.84. The van der Waals surface area contributed by atoms with E-state index in [4.69, 9.17) is 19.9 Å². The molecule has 0 spiro atoms. The lowest BCUT2D eigenvalue weighted by molar-refractivity contribution is -0.924. The van der Waals surface area contributed by atoms with Crippen molar-refractivity contribution in [2.24, 2.45) is 11.0 Å². The zero-order chi connectivity index (χ0) is 25.4. The number of carboxylic acids is 1. The molecule has 1 fully saturated rings. The lowest BCUT2D eigenvalue weighted by Crippen LogP contribution is -3.13. The Bertz CT molecular complexity index is 1200. The van der Waals surface area contributed by atoms with Gasteiger partial charge in [0.15, 0.2) is 0 Å². The minimum atomic E-state index is -1.08. The van der Waals surface area contributed by atoms with Crippen molar-refractivity contribution in [1.82, 2.24) is 9.99 Å². The number of ether oxygens (including phenoxy) is 1. The van der Waals surface area contributed by atoms with E-state index in [1.807, 2.05) is 28.8 Å². The van der Waals surface area contributed by atoms with Crippen LogP contribution in [-0.4, -0.2) is 42.9 Å². The molecule has 0 radical (unpaired) electrons. The molecule has 10 heteroatoms. The van der Waals surface area contributed by atoms with Crippen LogP contribution in [0.3, 0.4) is 0 Å². The normalized spacial score (nSPS) is 20.1. The highest BCUT2D eigenvalue weighted by atomic mass is 16.5. The molecule has 184 valence electrons. The van der Waals surface area contributed by atoms with E-state index in [0.29, 0.717) is 11.8 Å². The molecule has 2 N–H and O–H groups in total. The summed E-state index contributed by atoms with van der Waals surface area (Å²) in [4.78, 5) is 34.0. The summed E-state index contributed by atoms with van der Waals surface area (Å²) in [6, 6.07) is 13.2. The van der Waals surface area contributed by atoms with E-state index < -0.39 is 11.9 Å². The Balaban J connectivity index is 0.000000795. The highest BCUT2D eigenvalue weighted by Gasteiger charge is 2.37. The molecular formula is C25H29N5O5. The van der Waals surface area contributed by atoms with Crippen LogP contribution in [0.5, 0.6) is 5.75 Å². The summed E-state index contributed by atoms with van der Waals surface area (Å²) < 4.78 is 7.53. The van der Waals surface area contributed by atoms with Gasteiger partial charge in [0.1, 0.15) is 18.7 Å². The third-order valence-electron chi connectivity index (χ3n) is 6.06. The number of amides is 1. The largest absolute Gasteiger partial charge is 0.550 e. The van der Waals surface area contributed by atoms with Crippen molar-refractivity contribution >= 4 is 18.1 Å². The number of methoxy groups -OCH3 is 1. The van der Waals surface area contributed by atoms with E-state index in [0.717, 1.165) is 62.1 Å². The van der Waals surface area contributed by atoms with E-state index in [1.54, 1.807) is 25.5 Å². The second-order valence-corrected chi connectivity index (χ2v) is 8.72. The Hall–Kier alpha value is -3.97. The number of aliphatic carboxylic acids is 1. The number of fused-ring (bicyclic) bond motifs is 4. The molecule has 2 unspecified atom stereocenters. The number of hydrazone groups is 1. The fraction of sp³-hybridized carbons (Fsp3) is 0.400. The van der Waals surface area contributed by atoms with E-state index >= 15 is 0 Å². The molecule has 2 aliphatic rings. The Morgan fingerprint density at radius 2 is 2.11 bits per heavy atom. The van der Waals surface area contributed by atoms with Crippen molar-refractivity contribution in [3.63, 3.8) is 0 Å². The first-order valence-corrected chi connectivity index (χ1v) is 11.4. The van der Waals surface area contributed by atoms with Crippen LogP contribution >= 0.6 is 0 Å². The average molecular weight is 480 g/mol. The summed E-state index contributed by atoms with van der Waals surface area (Å²) in [5.74, 6) is 0.191. The predicted molar refractivity (Wildman–Crippen MR) is 126 cm³/mol. The molecule has 1 aromatic heterocycles. The SMILES string of the molecule is CC(=O)[O-].COc1ccc(/C=N/NC(=O)CC#N)cc1C[NH+]1CC2C[C@H](Cn3c2cccc3=O)C1. The number of hydrogen-bond donors (Lipinski definition) is 2. The van der Waals surface area contributed by atoms with Crippen LogP contribution in [0, 0.1) is 17.2 Å². The number of carboxylic acid groups (broad SMARTS) is 1. The van der Waals surface area contributed by atoms with Crippen LogP contribution in [0.25, 0.3) is 0 Å². The number of benzene rings is 1. The van der Waals surface area contributed by atoms with E-state index in [2.05, 4.69) is 16.6 Å². The molecule has 2 bridgehead atoms. The maximum Gasteiger partial charge on any atom is 0.254 e. The summed E-state index contributed by atoms with van der Waals surface area (Å²) >= 11 is 0. The third-order valence-corrected chi connectivity index (χ3v) is 6.06. The third kappa shape index (κ3) is 7.01. The number of hydrogen-bond acceptors (Lipinski definition) is 7. The molecule has 4 rings (SSSR count). The van der Waals surface area contributed by atoms with Gasteiger partial charge in [-0.25, -0.2) is 5.43 Å². The predicted octanol–water partition coefficient (Wildman–Crippen LogP) is -0.821. The van der Waals surface area contributed by atoms with E-state index in [-0.39, 0.29) is 12.0 Å². The first-order chi connectivity index (χ1) is 16.8. The number of quaternary nitrogens is 1. The summed E-state index contributed by atoms with van der Waals surface area (Å²) in [7, 11) is 1.66. The maximum absolute atomic E-state index is 12.2. The molecule has 10 nitrogen and oxygen atoms in total. The number of pyridine rings is 1.